The van der Waals surface area contributed by atoms with Gasteiger partial charge in [-0.1, -0.05) is 27.5 Å². The standard InChI is InChI=1S/C9H10BrClN2O3S/c10-6-1-2-7(8(11)5-6)9(14)13-3-4-17(12,15)16/h1-2,5H,3-4H2,(H,13,14)(H2,12,15,16). The Bertz CT molecular complexity index is 533. The van der Waals surface area contributed by atoms with Crippen LogP contribution in [0, 0.1) is 0 Å². The molecule has 0 atom stereocenters. The van der Waals surface area contributed by atoms with Crippen LogP contribution < -0.4 is 10.5 Å². The lowest BCUT2D eigenvalue weighted by Crippen LogP contribution is -2.31. The summed E-state index contributed by atoms with van der Waals surface area (Å²) in [7, 11) is -3.57. The summed E-state index contributed by atoms with van der Waals surface area (Å²) in [6.07, 6.45) is 0. The van der Waals surface area contributed by atoms with Crippen molar-refractivity contribution in [2.75, 3.05) is 12.3 Å². The van der Waals surface area contributed by atoms with Crippen LogP contribution in [0.15, 0.2) is 22.7 Å². The van der Waals surface area contributed by atoms with E-state index in [0.717, 1.165) is 4.47 Å². The van der Waals surface area contributed by atoms with E-state index in [0.29, 0.717) is 0 Å². The topological polar surface area (TPSA) is 89.3 Å². The molecule has 0 aliphatic carbocycles. The van der Waals surface area contributed by atoms with Gasteiger partial charge in [0.05, 0.1) is 16.3 Å². The van der Waals surface area contributed by atoms with Gasteiger partial charge in [0, 0.05) is 11.0 Å². The van der Waals surface area contributed by atoms with Crippen LogP contribution in [-0.2, 0) is 10.0 Å². The first-order valence-electron chi connectivity index (χ1n) is 4.53. The quantitative estimate of drug-likeness (QED) is 0.860. The van der Waals surface area contributed by atoms with Crippen molar-refractivity contribution in [1.82, 2.24) is 5.32 Å². The maximum absolute atomic E-state index is 11.6. The lowest BCUT2D eigenvalue weighted by Gasteiger charge is -2.06. The number of carbonyl (C=O) groups excluding carboxylic acids is 1. The van der Waals surface area contributed by atoms with E-state index in [2.05, 4.69) is 21.2 Å². The highest BCUT2D eigenvalue weighted by molar-refractivity contribution is 9.10. The van der Waals surface area contributed by atoms with Crippen molar-refractivity contribution in [3.63, 3.8) is 0 Å². The van der Waals surface area contributed by atoms with Crippen LogP contribution in [0.3, 0.4) is 0 Å². The third kappa shape index (κ3) is 5.03. The van der Waals surface area contributed by atoms with E-state index in [1.807, 2.05) is 0 Å². The monoisotopic (exact) mass is 340 g/mol. The summed E-state index contributed by atoms with van der Waals surface area (Å²) in [5, 5.41) is 7.50. The van der Waals surface area contributed by atoms with Gasteiger partial charge in [0.2, 0.25) is 10.0 Å². The fourth-order valence-corrected chi connectivity index (χ4v) is 2.22. The first-order valence-corrected chi connectivity index (χ1v) is 7.42. The van der Waals surface area contributed by atoms with Crippen LogP contribution in [0.25, 0.3) is 0 Å². The molecule has 3 N–H and O–H groups in total. The molecular weight excluding hydrogens is 332 g/mol. The Labute approximate surface area is 113 Å². The van der Waals surface area contributed by atoms with Crippen molar-refractivity contribution in [2.45, 2.75) is 0 Å². The molecule has 0 spiro atoms. The number of carbonyl (C=O) groups is 1. The number of sulfonamides is 1. The van der Waals surface area contributed by atoms with Crippen molar-refractivity contribution in [2.24, 2.45) is 5.14 Å². The molecular formula is C9H10BrClN2O3S. The number of hydrogen-bond acceptors (Lipinski definition) is 3. The SMILES string of the molecule is NS(=O)(=O)CCNC(=O)c1ccc(Br)cc1Cl. The van der Waals surface area contributed by atoms with E-state index in [9.17, 15) is 13.2 Å². The van der Waals surface area contributed by atoms with Gasteiger partial charge in [-0.2, -0.15) is 0 Å². The molecule has 1 rings (SSSR count). The van der Waals surface area contributed by atoms with Crippen LogP contribution in [0.2, 0.25) is 5.02 Å². The normalized spacial score (nSPS) is 11.2. The summed E-state index contributed by atoms with van der Waals surface area (Å²) in [4.78, 5) is 11.6. The molecule has 0 unspecified atom stereocenters. The Morgan fingerprint density at radius 2 is 2.12 bits per heavy atom. The zero-order chi connectivity index (χ0) is 13.1. The molecule has 94 valence electrons. The van der Waals surface area contributed by atoms with Gasteiger partial charge < -0.3 is 5.32 Å². The molecule has 0 heterocycles. The Hall–Kier alpha value is -0.630. The van der Waals surface area contributed by atoms with E-state index in [-0.39, 0.29) is 22.9 Å². The maximum atomic E-state index is 11.6. The number of rotatable bonds is 4. The number of nitrogens with two attached hydrogens (primary N) is 1. The summed E-state index contributed by atoms with van der Waals surface area (Å²) >= 11 is 9.07. The van der Waals surface area contributed by atoms with E-state index in [1.54, 1.807) is 18.2 Å². The molecule has 1 aromatic rings. The largest absolute Gasteiger partial charge is 0.351 e. The molecule has 8 heteroatoms. The van der Waals surface area contributed by atoms with Crippen LogP contribution in [0.4, 0.5) is 0 Å². The summed E-state index contributed by atoms with van der Waals surface area (Å²) < 4.78 is 22.1. The van der Waals surface area contributed by atoms with Gasteiger partial charge in [-0.15, -0.1) is 0 Å². The van der Waals surface area contributed by atoms with Crippen molar-refractivity contribution in [3.05, 3.63) is 33.3 Å². The van der Waals surface area contributed by atoms with Gasteiger partial charge in [0.25, 0.3) is 5.91 Å². The number of primary sulfonamides is 1. The predicted octanol–water partition coefficient (Wildman–Crippen LogP) is 1.12. The summed E-state index contributed by atoms with van der Waals surface area (Å²) in [5.41, 5.74) is 0.282. The summed E-state index contributed by atoms with van der Waals surface area (Å²) in [6.45, 7) is -0.0515. The lowest BCUT2D eigenvalue weighted by molar-refractivity contribution is 0.0956. The van der Waals surface area contributed by atoms with Crippen LogP contribution in [0.1, 0.15) is 10.4 Å². The van der Waals surface area contributed by atoms with Gasteiger partial charge in [-0.05, 0) is 18.2 Å². The highest BCUT2D eigenvalue weighted by Crippen LogP contribution is 2.21. The Morgan fingerprint density at radius 3 is 2.65 bits per heavy atom. The predicted molar refractivity (Wildman–Crippen MR) is 69.5 cm³/mol. The molecule has 1 amide bonds. The number of benzene rings is 1. The Morgan fingerprint density at radius 1 is 1.47 bits per heavy atom. The van der Waals surface area contributed by atoms with Gasteiger partial charge >= 0.3 is 0 Å². The molecule has 1 aromatic carbocycles. The van der Waals surface area contributed by atoms with E-state index < -0.39 is 15.9 Å². The highest BCUT2D eigenvalue weighted by Gasteiger charge is 2.11. The lowest BCUT2D eigenvalue weighted by atomic mass is 10.2. The molecule has 0 aliphatic heterocycles. The fourth-order valence-electron chi connectivity index (χ4n) is 1.08. The van der Waals surface area contributed by atoms with Gasteiger partial charge in [-0.3, -0.25) is 4.79 Å². The zero-order valence-electron chi connectivity index (χ0n) is 8.61. The maximum Gasteiger partial charge on any atom is 0.252 e. The first kappa shape index (κ1) is 14.4. The molecule has 0 saturated carbocycles. The van der Waals surface area contributed by atoms with Gasteiger partial charge in [0.1, 0.15) is 0 Å². The highest BCUT2D eigenvalue weighted by atomic mass is 79.9. The van der Waals surface area contributed by atoms with E-state index >= 15 is 0 Å². The molecule has 0 radical (unpaired) electrons. The third-order valence-corrected chi connectivity index (χ3v) is 3.43. The molecule has 0 saturated heterocycles. The van der Waals surface area contributed by atoms with Crippen LogP contribution in [0.5, 0.6) is 0 Å². The smallest absolute Gasteiger partial charge is 0.252 e. The minimum atomic E-state index is -3.57. The van der Waals surface area contributed by atoms with E-state index in [4.69, 9.17) is 16.7 Å². The Kier molecular flexibility index (Phi) is 4.93. The average Bonchev–Trinajstić information content (AvgIpc) is 2.15. The molecule has 5 nitrogen and oxygen atoms in total. The number of nitrogens with one attached hydrogen (secondary N) is 1. The summed E-state index contributed by atoms with van der Waals surface area (Å²) in [5.74, 6) is -0.751. The number of halogens is 2. The van der Waals surface area contributed by atoms with E-state index in [1.165, 1.54) is 0 Å². The van der Waals surface area contributed by atoms with Crippen LogP contribution >= 0.6 is 27.5 Å². The first-order chi connectivity index (χ1) is 7.79. The second-order valence-corrected chi connectivity index (χ2v) is 6.30. The van der Waals surface area contributed by atoms with Crippen molar-refractivity contribution >= 4 is 43.5 Å². The minimum Gasteiger partial charge on any atom is -0.351 e. The molecule has 0 aromatic heterocycles. The van der Waals surface area contributed by atoms with Crippen molar-refractivity contribution in [1.29, 1.82) is 0 Å². The second-order valence-electron chi connectivity index (χ2n) is 3.25. The Balaban J connectivity index is 2.65. The number of amides is 1. The fraction of sp³-hybridized carbons (Fsp3) is 0.222. The number of hydrogen-bond donors (Lipinski definition) is 2. The van der Waals surface area contributed by atoms with Crippen LogP contribution in [-0.4, -0.2) is 26.6 Å². The molecule has 0 aliphatic rings. The second kappa shape index (κ2) is 5.81. The third-order valence-electron chi connectivity index (χ3n) is 1.85. The zero-order valence-corrected chi connectivity index (χ0v) is 11.8. The van der Waals surface area contributed by atoms with Gasteiger partial charge in [0.15, 0.2) is 0 Å². The molecule has 0 fully saturated rings. The molecule has 17 heavy (non-hydrogen) atoms. The average molecular weight is 342 g/mol. The molecule has 0 bridgehead atoms. The van der Waals surface area contributed by atoms with Crippen molar-refractivity contribution < 1.29 is 13.2 Å². The van der Waals surface area contributed by atoms with Crippen molar-refractivity contribution in [3.8, 4) is 0 Å². The summed E-state index contributed by atoms with van der Waals surface area (Å²) in [6, 6.07) is 4.79. The minimum absolute atomic E-state index is 0.0515. The van der Waals surface area contributed by atoms with Gasteiger partial charge in [-0.25, -0.2) is 13.6 Å².